The van der Waals surface area contributed by atoms with Gasteiger partial charge in [0.25, 0.3) is 0 Å². The fourth-order valence-corrected chi connectivity index (χ4v) is 4.05. The Bertz CT molecular complexity index is 788. The maximum Gasteiger partial charge on any atom is 0.0994 e. The number of rotatable bonds is 1. The summed E-state index contributed by atoms with van der Waals surface area (Å²) in [5.41, 5.74) is 7.17. The van der Waals surface area contributed by atoms with Gasteiger partial charge in [0, 0.05) is 30.4 Å². The zero-order chi connectivity index (χ0) is 15.8. The number of hydrogen-bond acceptors (Lipinski definition) is 3. The zero-order valence-corrected chi connectivity index (χ0v) is 13.5. The SMILES string of the molecule is Cc1c(C#N)cccc1-c1cccc2c1N1CCNCCC1C2. The van der Waals surface area contributed by atoms with Crippen LogP contribution < -0.4 is 10.2 Å². The highest BCUT2D eigenvalue weighted by Gasteiger charge is 2.32. The Morgan fingerprint density at radius 1 is 1.13 bits per heavy atom. The molecule has 2 aliphatic heterocycles. The van der Waals surface area contributed by atoms with Crippen LogP contribution in [0.25, 0.3) is 11.1 Å². The van der Waals surface area contributed by atoms with E-state index in [-0.39, 0.29) is 0 Å². The second kappa shape index (κ2) is 5.72. The van der Waals surface area contributed by atoms with E-state index in [1.807, 2.05) is 12.1 Å². The first-order valence-electron chi connectivity index (χ1n) is 8.39. The largest absolute Gasteiger partial charge is 0.366 e. The third kappa shape index (κ3) is 2.31. The monoisotopic (exact) mass is 303 g/mol. The molecule has 3 heteroatoms. The zero-order valence-electron chi connectivity index (χ0n) is 13.5. The molecule has 2 aromatic rings. The van der Waals surface area contributed by atoms with E-state index in [9.17, 15) is 5.26 Å². The molecule has 0 spiro atoms. The molecule has 0 amide bonds. The summed E-state index contributed by atoms with van der Waals surface area (Å²) in [6.07, 6.45) is 2.34. The van der Waals surface area contributed by atoms with Gasteiger partial charge in [-0.15, -0.1) is 0 Å². The third-order valence-corrected chi connectivity index (χ3v) is 5.23. The van der Waals surface area contributed by atoms with Crippen molar-refractivity contribution in [3.8, 4) is 17.2 Å². The quantitative estimate of drug-likeness (QED) is 0.879. The van der Waals surface area contributed by atoms with Crippen molar-refractivity contribution in [2.24, 2.45) is 0 Å². The molecule has 0 aliphatic carbocycles. The molecule has 2 aromatic carbocycles. The fraction of sp³-hybridized carbons (Fsp3) is 0.350. The van der Waals surface area contributed by atoms with Crippen LogP contribution in [-0.2, 0) is 6.42 Å². The highest BCUT2D eigenvalue weighted by molar-refractivity contribution is 5.85. The molecule has 3 nitrogen and oxygen atoms in total. The average molecular weight is 303 g/mol. The fourth-order valence-electron chi connectivity index (χ4n) is 4.05. The first kappa shape index (κ1) is 14.3. The van der Waals surface area contributed by atoms with E-state index in [1.54, 1.807) is 0 Å². The molecule has 1 N–H and O–H groups in total. The number of fused-ring (bicyclic) bond motifs is 3. The van der Waals surface area contributed by atoms with Gasteiger partial charge in [-0.3, -0.25) is 0 Å². The molecule has 116 valence electrons. The molecule has 4 rings (SSSR count). The van der Waals surface area contributed by atoms with E-state index in [2.05, 4.69) is 47.5 Å². The lowest BCUT2D eigenvalue weighted by atomic mass is 9.94. The summed E-state index contributed by atoms with van der Waals surface area (Å²) in [5, 5.41) is 12.8. The van der Waals surface area contributed by atoms with Crippen molar-refractivity contribution in [3.63, 3.8) is 0 Å². The van der Waals surface area contributed by atoms with Crippen molar-refractivity contribution in [1.82, 2.24) is 5.32 Å². The summed E-state index contributed by atoms with van der Waals surface area (Å²) < 4.78 is 0. The van der Waals surface area contributed by atoms with E-state index in [0.29, 0.717) is 6.04 Å². The summed E-state index contributed by atoms with van der Waals surface area (Å²) in [5.74, 6) is 0. The molecule has 2 heterocycles. The van der Waals surface area contributed by atoms with E-state index < -0.39 is 0 Å². The van der Waals surface area contributed by atoms with Crippen molar-refractivity contribution in [2.45, 2.75) is 25.8 Å². The van der Waals surface area contributed by atoms with Crippen LogP contribution in [0.15, 0.2) is 36.4 Å². The molecular weight excluding hydrogens is 282 g/mol. The summed E-state index contributed by atoms with van der Waals surface area (Å²) in [6.45, 7) is 5.27. The van der Waals surface area contributed by atoms with Crippen molar-refractivity contribution in [3.05, 3.63) is 53.1 Å². The van der Waals surface area contributed by atoms with Crippen LogP contribution in [0.3, 0.4) is 0 Å². The minimum Gasteiger partial charge on any atom is -0.366 e. The number of nitrogens with one attached hydrogen (secondary N) is 1. The van der Waals surface area contributed by atoms with Crippen LogP contribution in [0.4, 0.5) is 5.69 Å². The lowest BCUT2D eigenvalue weighted by Gasteiger charge is -2.27. The maximum absolute atomic E-state index is 9.34. The lowest BCUT2D eigenvalue weighted by Crippen LogP contribution is -2.33. The number of para-hydroxylation sites is 1. The van der Waals surface area contributed by atoms with Crippen molar-refractivity contribution >= 4 is 5.69 Å². The molecule has 0 aromatic heterocycles. The first-order valence-corrected chi connectivity index (χ1v) is 8.39. The molecule has 1 unspecified atom stereocenters. The number of anilines is 1. The van der Waals surface area contributed by atoms with Gasteiger partial charge >= 0.3 is 0 Å². The van der Waals surface area contributed by atoms with E-state index >= 15 is 0 Å². The molecule has 0 saturated carbocycles. The first-order chi connectivity index (χ1) is 11.3. The Kier molecular flexibility index (Phi) is 3.55. The molecule has 2 aliphatic rings. The highest BCUT2D eigenvalue weighted by atomic mass is 15.2. The van der Waals surface area contributed by atoms with Gasteiger partial charge in [0.15, 0.2) is 0 Å². The number of benzene rings is 2. The Hall–Kier alpha value is -2.31. The van der Waals surface area contributed by atoms with Gasteiger partial charge in [0.05, 0.1) is 11.6 Å². The summed E-state index contributed by atoms with van der Waals surface area (Å²) >= 11 is 0. The molecule has 23 heavy (non-hydrogen) atoms. The van der Waals surface area contributed by atoms with Gasteiger partial charge in [-0.1, -0.05) is 30.3 Å². The van der Waals surface area contributed by atoms with E-state index in [1.165, 1.54) is 28.8 Å². The Labute approximate surface area is 137 Å². The average Bonchev–Trinajstić information content (AvgIpc) is 2.77. The molecule has 1 saturated heterocycles. The van der Waals surface area contributed by atoms with E-state index in [4.69, 9.17) is 0 Å². The molecular formula is C20H21N3. The molecule has 0 radical (unpaired) electrons. The highest BCUT2D eigenvalue weighted by Crippen LogP contribution is 2.42. The van der Waals surface area contributed by atoms with Crippen LogP contribution in [-0.4, -0.2) is 25.7 Å². The van der Waals surface area contributed by atoms with E-state index in [0.717, 1.165) is 37.2 Å². The Morgan fingerprint density at radius 2 is 1.96 bits per heavy atom. The van der Waals surface area contributed by atoms with Crippen molar-refractivity contribution in [1.29, 1.82) is 5.26 Å². The number of nitrogens with zero attached hydrogens (tertiary/aromatic N) is 2. The van der Waals surface area contributed by atoms with Crippen molar-refractivity contribution in [2.75, 3.05) is 24.5 Å². The van der Waals surface area contributed by atoms with Crippen LogP contribution in [0.1, 0.15) is 23.1 Å². The van der Waals surface area contributed by atoms with Gasteiger partial charge in [0.2, 0.25) is 0 Å². The minimum absolute atomic E-state index is 0.612. The third-order valence-electron chi connectivity index (χ3n) is 5.23. The van der Waals surface area contributed by atoms with Gasteiger partial charge < -0.3 is 10.2 Å². The van der Waals surface area contributed by atoms with Crippen molar-refractivity contribution < 1.29 is 0 Å². The second-order valence-corrected chi connectivity index (χ2v) is 6.49. The summed E-state index contributed by atoms with van der Waals surface area (Å²) in [7, 11) is 0. The van der Waals surface area contributed by atoms with Crippen LogP contribution in [0, 0.1) is 18.3 Å². The standard InChI is InChI=1S/C20H21N3/c1-14-16(13-21)5-3-6-18(14)19-7-2-4-15-12-17-8-9-22-10-11-23(17)20(15)19/h2-7,17,22H,8-12H2,1H3. The molecule has 1 atom stereocenters. The smallest absolute Gasteiger partial charge is 0.0994 e. The van der Waals surface area contributed by atoms with Crippen LogP contribution in [0.5, 0.6) is 0 Å². The van der Waals surface area contributed by atoms with Gasteiger partial charge in [-0.25, -0.2) is 0 Å². The topological polar surface area (TPSA) is 39.1 Å². The Morgan fingerprint density at radius 3 is 2.83 bits per heavy atom. The predicted molar refractivity (Wildman–Crippen MR) is 93.7 cm³/mol. The maximum atomic E-state index is 9.34. The number of hydrogen-bond donors (Lipinski definition) is 1. The second-order valence-electron chi connectivity index (χ2n) is 6.49. The summed E-state index contributed by atoms with van der Waals surface area (Å²) in [4.78, 5) is 2.59. The van der Waals surface area contributed by atoms with Gasteiger partial charge in [0.1, 0.15) is 0 Å². The molecule has 1 fully saturated rings. The lowest BCUT2D eigenvalue weighted by molar-refractivity contribution is 0.612. The minimum atomic E-state index is 0.612. The van der Waals surface area contributed by atoms with Gasteiger partial charge in [-0.2, -0.15) is 5.26 Å². The number of nitriles is 1. The normalized spacial score (nSPS) is 19.7. The summed E-state index contributed by atoms with van der Waals surface area (Å²) in [6, 6.07) is 15.6. The Balaban J connectivity index is 1.87. The molecule has 0 bridgehead atoms. The predicted octanol–water partition coefficient (Wildman–Crippen LogP) is 3.26. The van der Waals surface area contributed by atoms with Crippen LogP contribution in [0.2, 0.25) is 0 Å². The van der Waals surface area contributed by atoms with Crippen LogP contribution >= 0.6 is 0 Å². The van der Waals surface area contributed by atoms with Gasteiger partial charge in [-0.05, 0) is 49.1 Å².